The standard InChI is InChI=1S/C9H8F3N3O/c1-8(13,9(10,11)12)7-15-6-5(16-7)3-2-4-14-6/h2-4H,13H2,1H3. The Morgan fingerprint density at radius 2 is 2.06 bits per heavy atom. The summed E-state index contributed by atoms with van der Waals surface area (Å²) in [5, 5.41) is 0. The molecular weight excluding hydrogens is 223 g/mol. The summed E-state index contributed by atoms with van der Waals surface area (Å²) in [7, 11) is 0. The van der Waals surface area contributed by atoms with E-state index in [2.05, 4.69) is 9.97 Å². The molecule has 0 fully saturated rings. The van der Waals surface area contributed by atoms with Crippen molar-refractivity contribution in [1.29, 1.82) is 0 Å². The smallest absolute Gasteiger partial charge is 0.415 e. The number of oxazole rings is 1. The van der Waals surface area contributed by atoms with Gasteiger partial charge in [0.05, 0.1) is 0 Å². The van der Waals surface area contributed by atoms with Gasteiger partial charge in [0.15, 0.2) is 16.8 Å². The Hall–Kier alpha value is -1.63. The lowest BCUT2D eigenvalue weighted by Gasteiger charge is -2.23. The Morgan fingerprint density at radius 1 is 1.38 bits per heavy atom. The molecule has 86 valence electrons. The highest BCUT2D eigenvalue weighted by Gasteiger charge is 2.53. The summed E-state index contributed by atoms with van der Waals surface area (Å²) < 4.78 is 42.7. The van der Waals surface area contributed by atoms with E-state index in [0.29, 0.717) is 0 Å². The van der Waals surface area contributed by atoms with Crippen molar-refractivity contribution in [3.63, 3.8) is 0 Å². The van der Waals surface area contributed by atoms with Crippen LogP contribution in [-0.2, 0) is 5.54 Å². The van der Waals surface area contributed by atoms with Gasteiger partial charge in [-0.05, 0) is 19.1 Å². The molecule has 0 saturated heterocycles. The first-order valence-corrected chi connectivity index (χ1v) is 4.40. The number of hydrogen-bond donors (Lipinski definition) is 1. The van der Waals surface area contributed by atoms with E-state index in [-0.39, 0.29) is 11.2 Å². The maximum Gasteiger partial charge on any atom is 0.415 e. The van der Waals surface area contributed by atoms with Crippen molar-refractivity contribution in [3.05, 3.63) is 24.2 Å². The maximum atomic E-state index is 12.6. The number of fused-ring (bicyclic) bond motifs is 1. The summed E-state index contributed by atoms with van der Waals surface area (Å²) >= 11 is 0. The zero-order valence-corrected chi connectivity index (χ0v) is 8.25. The normalized spacial score (nSPS) is 16.3. The molecule has 4 nitrogen and oxygen atoms in total. The van der Waals surface area contributed by atoms with Gasteiger partial charge in [0, 0.05) is 6.20 Å². The lowest BCUT2D eigenvalue weighted by Crippen LogP contribution is -2.47. The molecule has 0 spiro atoms. The van der Waals surface area contributed by atoms with Crippen LogP contribution in [0.1, 0.15) is 12.8 Å². The van der Waals surface area contributed by atoms with Gasteiger partial charge in [0.25, 0.3) is 0 Å². The summed E-state index contributed by atoms with van der Waals surface area (Å²) in [6.45, 7) is 0.803. The Kier molecular flexibility index (Phi) is 2.16. The minimum atomic E-state index is -4.63. The largest absolute Gasteiger partial charge is 0.437 e. The quantitative estimate of drug-likeness (QED) is 0.814. The Labute approximate surface area is 88.3 Å². The van der Waals surface area contributed by atoms with E-state index in [1.807, 2.05) is 0 Å². The molecule has 1 unspecified atom stereocenters. The second-order valence-corrected chi connectivity index (χ2v) is 3.54. The van der Waals surface area contributed by atoms with Crippen LogP contribution in [0.4, 0.5) is 13.2 Å². The fraction of sp³-hybridized carbons (Fsp3) is 0.333. The zero-order chi connectivity index (χ0) is 12.0. The number of aromatic nitrogens is 2. The van der Waals surface area contributed by atoms with Gasteiger partial charge in [-0.25, -0.2) is 4.98 Å². The summed E-state index contributed by atoms with van der Waals surface area (Å²) in [6, 6.07) is 3.02. The first-order chi connectivity index (χ1) is 7.32. The fourth-order valence-corrected chi connectivity index (χ4v) is 1.11. The molecule has 0 saturated carbocycles. The predicted molar refractivity (Wildman–Crippen MR) is 49.4 cm³/mol. The number of nitrogens with zero attached hydrogens (tertiary/aromatic N) is 2. The monoisotopic (exact) mass is 231 g/mol. The highest BCUT2D eigenvalue weighted by molar-refractivity contribution is 5.67. The second-order valence-electron chi connectivity index (χ2n) is 3.54. The lowest BCUT2D eigenvalue weighted by molar-refractivity contribution is -0.189. The number of hydrogen-bond acceptors (Lipinski definition) is 4. The summed E-state index contributed by atoms with van der Waals surface area (Å²) in [6.07, 6.45) is -3.22. The molecular formula is C9H8F3N3O. The summed E-state index contributed by atoms with van der Waals surface area (Å²) in [4.78, 5) is 7.40. The summed E-state index contributed by atoms with van der Waals surface area (Å²) in [5.41, 5.74) is 2.84. The predicted octanol–water partition coefficient (Wildman–Crippen LogP) is 1.96. The van der Waals surface area contributed by atoms with E-state index in [9.17, 15) is 13.2 Å². The molecule has 7 heteroatoms. The van der Waals surface area contributed by atoms with Crippen molar-refractivity contribution in [2.75, 3.05) is 0 Å². The average molecular weight is 231 g/mol. The molecule has 16 heavy (non-hydrogen) atoms. The van der Waals surface area contributed by atoms with Crippen LogP contribution in [-0.4, -0.2) is 16.1 Å². The van der Waals surface area contributed by atoms with Crippen molar-refractivity contribution in [2.24, 2.45) is 5.73 Å². The van der Waals surface area contributed by atoms with E-state index >= 15 is 0 Å². The first-order valence-electron chi connectivity index (χ1n) is 4.40. The molecule has 0 amide bonds. The maximum absolute atomic E-state index is 12.6. The molecule has 0 aliphatic rings. The van der Waals surface area contributed by atoms with Gasteiger partial charge < -0.3 is 10.2 Å². The highest BCUT2D eigenvalue weighted by atomic mass is 19.4. The molecule has 2 aromatic rings. The molecule has 0 aliphatic heterocycles. The van der Waals surface area contributed by atoms with Crippen molar-refractivity contribution in [2.45, 2.75) is 18.6 Å². The van der Waals surface area contributed by atoms with Gasteiger partial charge in [0.2, 0.25) is 5.89 Å². The topological polar surface area (TPSA) is 64.9 Å². The third-order valence-electron chi connectivity index (χ3n) is 2.20. The van der Waals surface area contributed by atoms with Gasteiger partial charge in [-0.1, -0.05) is 0 Å². The number of nitrogens with two attached hydrogens (primary N) is 1. The summed E-state index contributed by atoms with van der Waals surface area (Å²) in [5.74, 6) is -0.589. The zero-order valence-electron chi connectivity index (χ0n) is 8.25. The molecule has 2 N–H and O–H groups in total. The van der Waals surface area contributed by atoms with Gasteiger partial charge in [-0.15, -0.1) is 0 Å². The second kappa shape index (κ2) is 3.18. The lowest BCUT2D eigenvalue weighted by atomic mass is 10.0. The number of pyridine rings is 1. The third kappa shape index (κ3) is 1.53. The molecule has 2 aromatic heterocycles. The van der Waals surface area contributed by atoms with Crippen molar-refractivity contribution in [3.8, 4) is 0 Å². The number of alkyl halides is 3. The molecule has 0 aliphatic carbocycles. The first kappa shape index (κ1) is 10.9. The molecule has 1 atom stereocenters. The van der Waals surface area contributed by atoms with Crippen LogP contribution >= 0.6 is 0 Å². The van der Waals surface area contributed by atoms with Crippen LogP contribution in [0.3, 0.4) is 0 Å². The van der Waals surface area contributed by atoms with E-state index in [1.165, 1.54) is 12.3 Å². The van der Waals surface area contributed by atoms with Gasteiger partial charge >= 0.3 is 6.18 Å². The van der Waals surface area contributed by atoms with E-state index < -0.39 is 17.6 Å². The van der Waals surface area contributed by atoms with Crippen LogP contribution in [0, 0.1) is 0 Å². The minimum Gasteiger partial charge on any atom is -0.437 e. The average Bonchev–Trinajstić information content (AvgIpc) is 2.59. The Morgan fingerprint density at radius 3 is 2.62 bits per heavy atom. The van der Waals surface area contributed by atoms with Gasteiger partial charge in [-0.2, -0.15) is 18.2 Å². The van der Waals surface area contributed by atoms with Crippen LogP contribution in [0.15, 0.2) is 22.7 Å². The fourth-order valence-electron chi connectivity index (χ4n) is 1.11. The number of rotatable bonds is 1. The SMILES string of the molecule is CC(N)(c1nc2ncccc2o1)C(F)(F)F. The van der Waals surface area contributed by atoms with Crippen molar-refractivity contribution >= 4 is 11.2 Å². The minimum absolute atomic E-state index is 0.110. The van der Waals surface area contributed by atoms with Gasteiger partial charge in [-0.3, -0.25) is 0 Å². The van der Waals surface area contributed by atoms with Crippen molar-refractivity contribution < 1.29 is 17.6 Å². The Balaban J connectivity index is 2.56. The number of halogens is 3. The molecule has 2 heterocycles. The molecule has 2 rings (SSSR count). The molecule has 0 radical (unpaired) electrons. The molecule has 0 bridgehead atoms. The van der Waals surface area contributed by atoms with E-state index in [1.54, 1.807) is 6.07 Å². The third-order valence-corrected chi connectivity index (χ3v) is 2.20. The van der Waals surface area contributed by atoms with Crippen LogP contribution in [0.25, 0.3) is 11.2 Å². The van der Waals surface area contributed by atoms with E-state index in [4.69, 9.17) is 10.2 Å². The van der Waals surface area contributed by atoms with Crippen LogP contribution in [0.2, 0.25) is 0 Å². The van der Waals surface area contributed by atoms with Gasteiger partial charge in [0.1, 0.15) is 0 Å². The van der Waals surface area contributed by atoms with E-state index in [0.717, 1.165) is 6.92 Å². The Bertz CT molecular complexity index is 485. The highest BCUT2D eigenvalue weighted by Crippen LogP contribution is 2.36. The van der Waals surface area contributed by atoms with Crippen LogP contribution in [0.5, 0.6) is 0 Å². The van der Waals surface area contributed by atoms with Crippen LogP contribution < -0.4 is 5.73 Å². The van der Waals surface area contributed by atoms with Crippen molar-refractivity contribution in [1.82, 2.24) is 9.97 Å². The molecule has 0 aromatic carbocycles.